The molecule has 3 aromatic carbocycles. The molecule has 1 aliphatic rings. The van der Waals surface area contributed by atoms with Crippen LogP contribution in [0.25, 0.3) is 0 Å². The summed E-state index contributed by atoms with van der Waals surface area (Å²) < 4.78 is 49.1. The Bertz CT molecular complexity index is 1330. The summed E-state index contributed by atoms with van der Waals surface area (Å²) in [5.74, 6) is -1.52. The molecule has 0 saturated carbocycles. The molecule has 222 valence electrons. The summed E-state index contributed by atoms with van der Waals surface area (Å²) in [7, 11) is -2.87. The van der Waals surface area contributed by atoms with Crippen molar-refractivity contribution in [3.63, 3.8) is 0 Å². The van der Waals surface area contributed by atoms with E-state index in [-0.39, 0.29) is 42.2 Å². The zero-order valence-corrected chi connectivity index (χ0v) is 24.6. The summed E-state index contributed by atoms with van der Waals surface area (Å²) in [6.45, 7) is 6.49. The maximum absolute atomic E-state index is 13.9. The molecule has 0 fully saturated rings. The Morgan fingerprint density at radius 3 is 2.32 bits per heavy atom. The zero-order valence-electron chi connectivity index (χ0n) is 23.7. The van der Waals surface area contributed by atoms with Gasteiger partial charge in [0.2, 0.25) is 5.91 Å². The molecule has 0 saturated heterocycles. The molecule has 0 aliphatic carbocycles. The van der Waals surface area contributed by atoms with Crippen LogP contribution < -0.4 is 10.6 Å². The number of carbonyl (C=O) groups excluding carboxylic acids is 1. The molecule has 9 heteroatoms. The van der Waals surface area contributed by atoms with Crippen LogP contribution in [-0.4, -0.2) is 44.6 Å². The Labute approximate surface area is 242 Å². The Morgan fingerprint density at radius 1 is 0.976 bits per heavy atom. The molecule has 5 N–H and O–H groups in total. The van der Waals surface area contributed by atoms with Crippen molar-refractivity contribution in [2.45, 2.75) is 64.0 Å². The van der Waals surface area contributed by atoms with Gasteiger partial charge in [0.25, 0.3) is 0 Å². The highest BCUT2D eigenvalue weighted by molar-refractivity contribution is 8.23. The van der Waals surface area contributed by atoms with Crippen molar-refractivity contribution in [3.8, 4) is 0 Å². The monoisotopic (exact) mass is 586 g/mol. The molecule has 3 aromatic rings. The average Bonchev–Trinajstić information content (AvgIpc) is 2.85. The molecule has 3 atom stereocenters. The van der Waals surface area contributed by atoms with Gasteiger partial charge in [0.1, 0.15) is 11.6 Å². The SMILES string of the molecule is CC(C)(C)Cc1ccc2c(c1)[C@@H](NC[C@@H](O)[C@H](Cc1cc(F)cc(F)c1)NC(=O)Cc1ccccc1)CS(O)(O)C2. The van der Waals surface area contributed by atoms with Crippen LogP contribution in [0.4, 0.5) is 8.78 Å². The highest BCUT2D eigenvalue weighted by Crippen LogP contribution is 2.51. The number of rotatable bonds is 10. The van der Waals surface area contributed by atoms with E-state index < -0.39 is 40.4 Å². The number of nitrogens with one attached hydrogen (secondary N) is 2. The summed E-state index contributed by atoms with van der Waals surface area (Å²) in [6, 6.07) is 17.1. The maximum Gasteiger partial charge on any atom is 0.224 e. The van der Waals surface area contributed by atoms with Crippen LogP contribution in [-0.2, 0) is 29.8 Å². The number of aliphatic hydroxyl groups excluding tert-OH is 1. The van der Waals surface area contributed by atoms with E-state index in [1.54, 1.807) is 0 Å². The first-order chi connectivity index (χ1) is 19.3. The molecule has 0 spiro atoms. The Kier molecular flexibility index (Phi) is 9.87. The number of benzene rings is 3. The predicted octanol–water partition coefficient (Wildman–Crippen LogP) is 5.78. The van der Waals surface area contributed by atoms with Crippen LogP contribution in [0.3, 0.4) is 0 Å². The largest absolute Gasteiger partial charge is 0.390 e. The normalized spacial score (nSPS) is 18.7. The molecule has 0 aromatic heterocycles. The topological polar surface area (TPSA) is 102 Å². The van der Waals surface area contributed by atoms with Gasteiger partial charge < -0.3 is 15.7 Å². The number of hydrogen-bond acceptors (Lipinski definition) is 5. The number of carbonyl (C=O) groups is 1. The summed E-state index contributed by atoms with van der Waals surface area (Å²) in [5, 5.41) is 17.4. The predicted molar refractivity (Wildman–Crippen MR) is 160 cm³/mol. The lowest BCUT2D eigenvalue weighted by Gasteiger charge is -2.42. The standard InChI is InChI=1S/C32H40F2N2O4S/c1-32(2,3)17-22-9-10-24-19-41(39,40)20-29(27(24)13-22)35-18-30(37)28(14-23-11-25(33)16-26(34)12-23)36-31(38)15-21-7-5-4-6-8-21/h4-13,16,28-30,35,37,39-40H,14-15,17-20H2,1-3H3,(H,36,38)/t28-,29-,30+/m0/s1. The first kappa shape index (κ1) is 31.1. The smallest absolute Gasteiger partial charge is 0.224 e. The Morgan fingerprint density at radius 2 is 1.66 bits per heavy atom. The zero-order chi connectivity index (χ0) is 29.8. The summed E-state index contributed by atoms with van der Waals surface area (Å²) in [5.41, 5.74) is 4.12. The van der Waals surface area contributed by atoms with Crippen LogP contribution in [0.5, 0.6) is 0 Å². The van der Waals surface area contributed by atoms with Crippen molar-refractivity contribution in [2.75, 3.05) is 12.3 Å². The van der Waals surface area contributed by atoms with Crippen molar-refractivity contribution in [3.05, 3.63) is 106 Å². The number of amides is 1. The number of hydrogen-bond donors (Lipinski definition) is 5. The van der Waals surface area contributed by atoms with E-state index in [4.69, 9.17) is 0 Å². The van der Waals surface area contributed by atoms with Gasteiger partial charge in [0.15, 0.2) is 0 Å². The molecule has 1 heterocycles. The molecule has 4 rings (SSSR count). The molecule has 0 radical (unpaired) electrons. The minimum atomic E-state index is -2.87. The summed E-state index contributed by atoms with van der Waals surface area (Å²) >= 11 is 0. The maximum atomic E-state index is 13.9. The van der Waals surface area contributed by atoms with Gasteiger partial charge in [0.05, 0.1) is 36.1 Å². The minimum Gasteiger partial charge on any atom is -0.390 e. The highest BCUT2D eigenvalue weighted by Gasteiger charge is 2.32. The van der Waals surface area contributed by atoms with E-state index in [2.05, 4.69) is 37.5 Å². The van der Waals surface area contributed by atoms with Gasteiger partial charge in [-0.15, -0.1) is 0 Å². The fourth-order valence-electron chi connectivity index (χ4n) is 5.37. The minimum absolute atomic E-state index is 0.00419. The van der Waals surface area contributed by atoms with Gasteiger partial charge in [-0.25, -0.2) is 8.78 Å². The van der Waals surface area contributed by atoms with Crippen molar-refractivity contribution in [2.24, 2.45) is 5.41 Å². The van der Waals surface area contributed by atoms with Crippen molar-refractivity contribution >= 4 is 16.5 Å². The Balaban J connectivity index is 1.52. The van der Waals surface area contributed by atoms with Crippen LogP contribution in [0, 0.1) is 17.0 Å². The average molecular weight is 587 g/mol. The molecule has 1 aliphatic heterocycles. The van der Waals surface area contributed by atoms with Gasteiger partial charge in [0, 0.05) is 12.6 Å². The number of fused-ring (bicyclic) bond motifs is 1. The van der Waals surface area contributed by atoms with E-state index in [0.717, 1.165) is 34.7 Å². The van der Waals surface area contributed by atoms with Crippen LogP contribution in [0.1, 0.15) is 54.6 Å². The van der Waals surface area contributed by atoms with E-state index in [9.17, 15) is 27.8 Å². The summed E-state index contributed by atoms with van der Waals surface area (Å²) in [4.78, 5) is 12.9. The summed E-state index contributed by atoms with van der Waals surface area (Å²) in [6.07, 6.45) is -0.191. The van der Waals surface area contributed by atoms with Gasteiger partial charge in [-0.05, 0) is 58.2 Å². The third-order valence-corrected chi connectivity index (χ3v) is 8.75. The van der Waals surface area contributed by atoms with E-state index >= 15 is 0 Å². The second kappa shape index (κ2) is 13.0. The van der Waals surface area contributed by atoms with E-state index in [1.165, 1.54) is 12.1 Å². The molecule has 0 unspecified atom stereocenters. The third-order valence-electron chi connectivity index (χ3n) is 7.11. The van der Waals surface area contributed by atoms with Gasteiger partial charge in [-0.3, -0.25) is 13.9 Å². The molecule has 0 bridgehead atoms. The third kappa shape index (κ3) is 9.34. The molecular weight excluding hydrogens is 546 g/mol. The fraction of sp³-hybridized carbons (Fsp3) is 0.406. The molecule has 6 nitrogen and oxygen atoms in total. The first-order valence-electron chi connectivity index (χ1n) is 13.8. The van der Waals surface area contributed by atoms with Crippen molar-refractivity contribution < 1.29 is 27.8 Å². The van der Waals surface area contributed by atoms with Crippen LogP contribution in [0.15, 0.2) is 66.7 Å². The molecule has 41 heavy (non-hydrogen) atoms. The van der Waals surface area contributed by atoms with Gasteiger partial charge in [-0.1, -0.05) is 69.3 Å². The molecule has 1 amide bonds. The lowest BCUT2D eigenvalue weighted by atomic mass is 9.86. The number of halogens is 2. The van der Waals surface area contributed by atoms with Gasteiger partial charge >= 0.3 is 0 Å². The Hall–Kier alpha value is -2.82. The lowest BCUT2D eigenvalue weighted by Crippen LogP contribution is -2.50. The highest BCUT2D eigenvalue weighted by atomic mass is 32.3. The van der Waals surface area contributed by atoms with E-state index in [0.29, 0.717) is 5.56 Å². The van der Waals surface area contributed by atoms with E-state index in [1.807, 2.05) is 42.5 Å². The van der Waals surface area contributed by atoms with Crippen LogP contribution >= 0.6 is 10.6 Å². The lowest BCUT2D eigenvalue weighted by molar-refractivity contribution is -0.122. The van der Waals surface area contributed by atoms with Crippen molar-refractivity contribution in [1.82, 2.24) is 10.6 Å². The second-order valence-electron chi connectivity index (χ2n) is 12.2. The van der Waals surface area contributed by atoms with Crippen molar-refractivity contribution in [1.29, 1.82) is 0 Å². The molecular formula is C32H40F2N2O4S. The second-order valence-corrected chi connectivity index (χ2v) is 14.5. The fourth-order valence-corrected chi connectivity index (χ4v) is 7.08. The first-order valence-corrected chi connectivity index (χ1v) is 15.7. The number of aliphatic hydroxyl groups is 1. The van der Waals surface area contributed by atoms with Gasteiger partial charge in [-0.2, -0.15) is 10.6 Å². The van der Waals surface area contributed by atoms with Crippen LogP contribution in [0.2, 0.25) is 0 Å². The quantitative estimate of drug-likeness (QED) is 0.207.